The molecule has 5 nitrogen and oxygen atoms in total. The molecule has 2 N–H and O–H groups in total. The number of aliphatic imine (C=N–C) groups is 1. The van der Waals surface area contributed by atoms with Crippen molar-refractivity contribution in [1.82, 2.24) is 15.6 Å². The molecule has 1 atom stereocenters. The van der Waals surface area contributed by atoms with Gasteiger partial charge in [0.05, 0.1) is 6.04 Å². The second-order valence-electron chi connectivity index (χ2n) is 6.80. The van der Waals surface area contributed by atoms with Crippen molar-refractivity contribution in [3.63, 3.8) is 0 Å². The lowest BCUT2D eigenvalue weighted by atomic mass is 9.90. The van der Waals surface area contributed by atoms with Gasteiger partial charge in [0.15, 0.2) is 5.96 Å². The molecular formula is C19H26N4OS2. The van der Waals surface area contributed by atoms with Gasteiger partial charge in [0.1, 0.15) is 15.7 Å². The summed E-state index contributed by atoms with van der Waals surface area (Å²) >= 11 is 3.49. The second-order valence-corrected chi connectivity index (χ2v) is 9.04. The molecule has 1 unspecified atom stereocenters. The van der Waals surface area contributed by atoms with Gasteiger partial charge < -0.3 is 15.4 Å². The molecule has 1 aromatic heterocycles. The number of fused-ring (bicyclic) bond motifs is 1. The standard InChI is InChI=1S/C19H26N4OS2/c1-19(2)13-15(14-7-4-5-8-16(14)24-19)23-17(20-3)21-9-6-11-25-18-22-10-12-26-18/h4-5,7-8,10,12,15H,6,9,11,13H2,1-3H3,(H2,20,21,23). The van der Waals surface area contributed by atoms with E-state index in [1.165, 1.54) is 5.56 Å². The van der Waals surface area contributed by atoms with Crippen LogP contribution < -0.4 is 15.4 Å². The molecule has 0 saturated carbocycles. The molecule has 0 saturated heterocycles. The van der Waals surface area contributed by atoms with Crippen molar-refractivity contribution in [2.75, 3.05) is 19.3 Å². The average molecular weight is 391 g/mol. The summed E-state index contributed by atoms with van der Waals surface area (Å²) in [5.74, 6) is 2.84. The molecule has 2 heterocycles. The lowest BCUT2D eigenvalue weighted by Gasteiger charge is -2.38. The third kappa shape index (κ3) is 5.14. The molecule has 1 aromatic carbocycles. The topological polar surface area (TPSA) is 58.5 Å². The number of nitrogens with zero attached hydrogens (tertiary/aromatic N) is 2. The number of hydrogen-bond donors (Lipinski definition) is 2. The quantitative estimate of drug-likeness (QED) is 0.337. The predicted octanol–water partition coefficient (Wildman–Crippen LogP) is 4.09. The van der Waals surface area contributed by atoms with Gasteiger partial charge >= 0.3 is 0 Å². The minimum absolute atomic E-state index is 0.186. The average Bonchev–Trinajstić information content (AvgIpc) is 3.12. The van der Waals surface area contributed by atoms with Crippen molar-refractivity contribution in [3.8, 4) is 5.75 Å². The number of thioether (sulfide) groups is 1. The zero-order chi connectivity index (χ0) is 18.4. The molecule has 1 aliphatic heterocycles. The van der Waals surface area contributed by atoms with Crippen LogP contribution >= 0.6 is 23.1 Å². The normalized spacial score (nSPS) is 18.7. The molecule has 0 bridgehead atoms. The Labute approximate surface area is 163 Å². The van der Waals surface area contributed by atoms with Crippen LogP contribution in [0, 0.1) is 0 Å². The first-order chi connectivity index (χ1) is 12.6. The zero-order valence-corrected chi connectivity index (χ0v) is 17.1. The highest BCUT2D eigenvalue weighted by atomic mass is 32.2. The van der Waals surface area contributed by atoms with Crippen LogP contribution in [0.4, 0.5) is 0 Å². The number of ether oxygens (including phenoxy) is 1. The number of guanidine groups is 1. The van der Waals surface area contributed by atoms with Crippen molar-refractivity contribution in [2.24, 2.45) is 4.99 Å². The van der Waals surface area contributed by atoms with E-state index in [0.717, 1.165) is 41.2 Å². The molecule has 0 amide bonds. The molecule has 2 aromatic rings. The SMILES string of the molecule is CN=C(NCCCSc1nccs1)NC1CC(C)(C)Oc2ccccc21. The minimum Gasteiger partial charge on any atom is -0.487 e. The predicted molar refractivity (Wildman–Crippen MR) is 110 cm³/mol. The Balaban J connectivity index is 1.51. The van der Waals surface area contributed by atoms with Crippen LogP contribution in [0.1, 0.15) is 38.3 Å². The summed E-state index contributed by atoms with van der Waals surface area (Å²) in [5, 5.41) is 9.00. The molecule has 0 aliphatic carbocycles. The number of thiazole rings is 1. The Kier molecular flexibility index (Phi) is 6.43. The summed E-state index contributed by atoms with van der Waals surface area (Å²) in [6.45, 7) is 5.14. The van der Waals surface area contributed by atoms with Crippen molar-refractivity contribution < 1.29 is 4.74 Å². The smallest absolute Gasteiger partial charge is 0.191 e. The van der Waals surface area contributed by atoms with Crippen LogP contribution in [0.2, 0.25) is 0 Å². The largest absolute Gasteiger partial charge is 0.487 e. The van der Waals surface area contributed by atoms with Gasteiger partial charge in [-0.25, -0.2) is 4.98 Å². The maximum absolute atomic E-state index is 6.11. The second kappa shape index (κ2) is 8.77. The molecule has 7 heteroatoms. The highest BCUT2D eigenvalue weighted by molar-refractivity contribution is 8.00. The van der Waals surface area contributed by atoms with Gasteiger partial charge in [0.2, 0.25) is 0 Å². The number of hydrogen-bond acceptors (Lipinski definition) is 5. The van der Waals surface area contributed by atoms with Crippen LogP contribution in [-0.2, 0) is 0 Å². The first kappa shape index (κ1) is 19.0. The maximum atomic E-state index is 6.11. The van der Waals surface area contributed by atoms with Crippen LogP contribution in [-0.4, -0.2) is 35.9 Å². The van der Waals surface area contributed by atoms with E-state index in [1.807, 2.05) is 30.8 Å². The molecule has 3 rings (SSSR count). The fourth-order valence-corrected chi connectivity index (χ4v) is 4.66. The Morgan fingerprint density at radius 1 is 1.42 bits per heavy atom. The Bertz CT molecular complexity index is 731. The van der Waals surface area contributed by atoms with Gasteiger partial charge in [-0.15, -0.1) is 11.3 Å². The molecule has 1 aliphatic rings. The molecular weight excluding hydrogens is 364 g/mol. The molecule has 0 fully saturated rings. The fraction of sp³-hybridized carbons (Fsp3) is 0.474. The first-order valence-electron chi connectivity index (χ1n) is 8.85. The highest BCUT2D eigenvalue weighted by Gasteiger charge is 2.33. The first-order valence-corrected chi connectivity index (χ1v) is 10.7. The molecule has 26 heavy (non-hydrogen) atoms. The Hall–Kier alpha value is -1.73. The van der Waals surface area contributed by atoms with Crippen molar-refractivity contribution in [2.45, 2.75) is 42.7 Å². The number of para-hydroxylation sites is 1. The van der Waals surface area contributed by atoms with Crippen molar-refractivity contribution in [1.29, 1.82) is 0 Å². The van der Waals surface area contributed by atoms with Gasteiger partial charge in [0.25, 0.3) is 0 Å². The maximum Gasteiger partial charge on any atom is 0.191 e. The van der Waals surface area contributed by atoms with E-state index in [4.69, 9.17) is 4.74 Å². The lowest BCUT2D eigenvalue weighted by molar-refractivity contribution is 0.0694. The van der Waals surface area contributed by atoms with E-state index in [2.05, 4.69) is 46.6 Å². The fourth-order valence-electron chi connectivity index (χ4n) is 3.01. The van der Waals surface area contributed by atoms with Crippen LogP contribution in [0.3, 0.4) is 0 Å². The van der Waals surface area contributed by atoms with Crippen molar-refractivity contribution in [3.05, 3.63) is 41.4 Å². The van der Waals surface area contributed by atoms with E-state index in [-0.39, 0.29) is 11.6 Å². The summed E-state index contributed by atoms with van der Waals surface area (Å²) in [4.78, 5) is 8.68. The van der Waals surface area contributed by atoms with E-state index in [1.54, 1.807) is 23.1 Å². The summed E-state index contributed by atoms with van der Waals surface area (Å²) in [7, 11) is 1.82. The number of benzene rings is 1. The Morgan fingerprint density at radius 3 is 3.04 bits per heavy atom. The molecule has 0 radical (unpaired) electrons. The minimum atomic E-state index is -0.199. The monoisotopic (exact) mass is 390 g/mol. The van der Waals surface area contributed by atoms with Crippen LogP contribution in [0.5, 0.6) is 5.75 Å². The van der Waals surface area contributed by atoms with Gasteiger partial charge in [0, 0.05) is 42.9 Å². The molecule has 140 valence electrons. The Morgan fingerprint density at radius 2 is 2.27 bits per heavy atom. The lowest BCUT2D eigenvalue weighted by Crippen LogP contribution is -2.45. The van der Waals surface area contributed by atoms with E-state index < -0.39 is 0 Å². The van der Waals surface area contributed by atoms with Gasteiger partial charge in [-0.1, -0.05) is 30.0 Å². The van der Waals surface area contributed by atoms with Crippen LogP contribution in [0.15, 0.2) is 45.2 Å². The van der Waals surface area contributed by atoms with Gasteiger partial charge in [-0.3, -0.25) is 4.99 Å². The zero-order valence-electron chi connectivity index (χ0n) is 15.5. The van der Waals surface area contributed by atoms with E-state index in [9.17, 15) is 0 Å². The summed E-state index contributed by atoms with van der Waals surface area (Å²) in [6.07, 6.45) is 3.80. The summed E-state index contributed by atoms with van der Waals surface area (Å²) in [5.41, 5.74) is 0.990. The molecule has 0 spiro atoms. The van der Waals surface area contributed by atoms with Gasteiger partial charge in [-0.05, 0) is 26.3 Å². The van der Waals surface area contributed by atoms with E-state index in [0.29, 0.717) is 0 Å². The van der Waals surface area contributed by atoms with Gasteiger partial charge in [-0.2, -0.15) is 0 Å². The highest BCUT2D eigenvalue weighted by Crippen LogP contribution is 2.39. The number of nitrogens with one attached hydrogen (secondary N) is 2. The van der Waals surface area contributed by atoms with E-state index >= 15 is 0 Å². The number of rotatable bonds is 6. The third-order valence-electron chi connectivity index (χ3n) is 4.16. The van der Waals surface area contributed by atoms with Crippen LogP contribution in [0.25, 0.3) is 0 Å². The number of aromatic nitrogens is 1. The summed E-state index contributed by atoms with van der Waals surface area (Å²) in [6, 6.07) is 8.42. The third-order valence-corrected chi connectivity index (χ3v) is 6.21. The van der Waals surface area contributed by atoms with Crippen molar-refractivity contribution >= 4 is 29.1 Å². The summed E-state index contributed by atoms with van der Waals surface area (Å²) < 4.78 is 7.24.